The summed E-state index contributed by atoms with van der Waals surface area (Å²) in [6, 6.07) is 4.21. The fourth-order valence-electron chi connectivity index (χ4n) is 1.17. The first kappa shape index (κ1) is 13.4. The molecule has 0 bridgehead atoms. The number of nitro groups is 1. The molecule has 0 aliphatic heterocycles. The molecule has 0 aliphatic carbocycles. The summed E-state index contributed by atoms with van der Waals surface area (Å²) < 4.78 is 22.5. The number of nitro benzene ring substituents is 1. The third-order valence-electron chi connectivity index (χ3n) is 1.90. The Morgan fingerprint density at radius 3 is 2.65 bits per heavy atom. The fraction of sp³-hybridized carbons (Fsp3) is 0.250. The predicted molar refractivity (Wildman–Crippen MR) is 62.9 cm³/mol. The van der Waals surface area contributed by atoms with E-state index < -0.39 is 16.2 Å². The molecule has 17 heavy (non-hydrogen) atoms. The van der Waals surface area contributed by atoms with Gasteiger partial charge in [-0.2, -0.15) is 0 Å². The molecule has 0 spiro atoms. The Labute approximate surface area is 99.8 Å². The monoisotopic (exact) mass is 259 g/mol. The number of nitrogen functional groups attached to an aromatic ring is 1. The lowest BCUT2D eigenvalue weighted by Crippen LogP contribution is -2.23. The van der Waals surface area contributed by atoms with Crippen LogP contribution in [0, 0.1) is 10.1 Å². The van der Waals surface area contributed by atoms with E-state index in [-0.39, 0.29) is 17.9 Å². The summed E-state index contributed by atoms with van der Waals surface area (Å²) in [6.07, 6.45) is 0. The van der Waals surface area contributed by atoms with Gasteiger partial charge in [0.05, 0.1) is 4.92 Å². The quantitative estimate of drug-likeness (QED) is 0.216. The van der Waals surface area contributed by atoms with Gasteiger partial charge in [-0.15, -0.1) is 0 Å². The van der Waals surface area contributed by atoms with Gasteiger partial charge in [-0.05, 0) is 12.1 Å². The zero-order valence-electron chi connectivity index (χ0n) is 8.71. The average molecular weight is 259 g/mol. The maximum atomic E-state index is 10.5. The minimum Gasteiger partial charge on any atom is -0.760 e. The number of benzene rings is 1. The zero-order valence-corrected chi connectivity index (χ0v) is 9.53. The summed E-state index contributed by atoms with van der Waals surface area (Å²) in [5.41, 5.74) is 5.97. The van der Waals surface area contributed by atoms with Crippen LogP contribution in [0.2, 0.25) is 0 Å². The van der Waals surface area contributed by atoms with Crippen LogP contribution in [-0.2, 0) is 11.3 Å². The number of anilines is 2. The lowest BCUT2D eigenvalue weighted by atomic mass is 10.2. The molecule has 9 heteroatoms. The molecule has 0 aliphatic rings. The minimum atomic E-state index is -2.29. The third-order valence-corrected chi connectivity index (χ3v) is 2.34. The van der Waals surface area contributed by atoms with E-state index in [2.05, 4.69) is 10.0 Å². The van der Waals surface area contributed by atoms with Crippen LogP contribution in [0.5, 0.6) is 0 Å². The van der Waals surface area contributed by atoms with E-state index in [1.54, 1.807) is 0 Å². The molecule has 0 heterocycles. The fourth-order valence-corrected chi connectivity index (χ4v) is 1.44. The van der Waals surface area contributed by atoms with Gasteiger partial charge < -0.3 is 15.6 Å². The molecule has 94 valence electrons. The molecule has 4 N–H and O–H groups in total. The van der Waals surface area contributed by atoms with E-state index >= 15 is 0 Å². The van der Waals surface area contributed by atoms with Gasteiger partial charge in [0.15, 0.2) is 0 Å². The Kier molecular flexibility index (Phi) is 4.82. The Morgan fingerprint density at radius 1 is 1.41 bits per heavy atom. The molecule has 0 saturated carbocycles. The average Bonchev–Trinajstić information content (AvgIpc) is 2.23. The molecule has 1 atom stereocenters. The van der Waals surface area contributed by atoms with Crippen LogP contribution in [0.15, 0.2) is 18.2 Å². The number of hydrogen-bond donors (Lipinski definition) is 3. The van der Waals surface area contributed by atoms with Crippen molar-refractivity contribution in [2.45, 2.75) is 0 Å². The predicted octanol–water partition coefficient (Wildman–Crippen LogP) is -0.0274. The van der Waals surface area contributed by atoms with E-state index in [9.17, 15) is 18.9 Å². The van der Waals surface area contributed by atoms with Gasteiger partial charge in [0.1, 0.15) is 5.69 Å². The van der Waals surface area contributed by atoms with Gasteiger partial charge in [-0.3, -0.25) is 14.3 Å². The van der Waals surface area contributed by atoms with Crippen molar-refractivity contribution in [2.75, 3.05) is 24.1 Å². The van der Waals surface area contributed by atoms with Crippen LogP contribution in [-0.4, -0.2) is 26.8 Å². The van der Waals surface area contributed by atoms with Gasteiger partial charge in [0.2, 0.25) is 0 Å². The molecular weight excluding hydrogens is 248 g/mol. The zero-order chi connectivity index (χ0) is 12.8. The van der Waals surface area contributed by atoms with Crippen molar-refractivity contribution in [3.05, 3.63) is 28.3 Å². The second-order valence-electron chi connectivity index (χ2n) is 3.09. The smallest absolute Gasteiger partial charge is 0.292 e. The molecule has 1 aromatic rings. The third kappa shape index (κ3) is 4.34. The molecule has 1 unspecified atom stereocenters. The van der Waals surface area contributed by atoms with E-state index in [0.29, 0.717) is 12.2 Å². The molecule has 8 nitrogen and oxygen atoms in total. The highest BCUT2D eigenvalue weighted by Gasteiger charge is 2.10. The standard InChI is InChI=1S/C8H12N4O4S/c9-7-5-6(1-2-8(7)12(13)14)10-3-4-11-17(15)16/h1-2,5,10-11H,3-4,9H2,(H,15,16)/p-1. The van der Waals surface area contributed by atoms with Crippen LogP contribution in [0.4, 0.5) is 17.1 Å². The summed E-state index contributed by atoms with van der Waals surface area (Å²) in [6.45, 7) is 0.568. The highest BCUT2D eigenvalue weighted by atomic mass is 32.2. The van der Waals surface area contributed by atoms with Gasteiger partial charge in [0, 0.05) is 36.1 Å². The lowest BCUT2D eigenvalue weighted by molar-refractivity contribution is -0.383. The first-order valence-corrected chi connectivity index (χ1v) is 5.68. The van der Waals surface area contributed by atoms with Crippen LogP contribution >= 0.6 is 0 Å². The van der Waals surface area contributed by atoms with Crippen LogP contribution < -0.4 is 15.8 Å². The van der Waals surface area contributed by atoms with Gasteiger partial charge in [0.25, 0.3) is 5.69 Å². The summed E-state index contributed by atoms with van der Waals surface area (Å²) in [7, 11) is 0. The second-order valence-corrected chi connectivity index (χ2v) is 3.84. The first-order valence-electron chi connectivity index (χ1n) is 4.61. The number of hydrogen-bond acceptors (Lipinski definition) is 6. The number of nitrogens with zero attached hydrogens (tertiary/aromatic N) is 1. The maximum absolute atomic E-state index is 10.5. The molecule has 0 amide bonds. The van der Waals surface area contributed by atoms with Crippen molar-refractivity contribution in [3.63, 3.8) is 0 Å². The summed E-state index contributed by atoms with van der Waals surface area (Å²) >= 11 is -2.29. The molecule has 0 aromatic heterocycles. The van der Waals surface area contributed by atoms with E-state index in [0.717, 1.165) is 0 Å². The molecule has 0 radical (unpaired) electrons. The molecule has 0 fully saturated rings. The second kappa shape index (κ2) is 6.13. The summed E-state index contributed by atoms with van der Waals surface area (Å²) in [4.78, 5) is 9.93. The van der Waals surface area contributed by atoms with Crippen LogP contribution in [0.25, 0.3) is 0 Å². The van der Waals surface area contributed by atoms with Gasteiger partial charge in [-0.25, -0.2) is 4.72 Å². The van der Waals surface area contributed by atoms with Crippen LogP contribution in [0.1, 0.15) is 0 Å². The van der Waals surface area contributed by atoms with Gasteiger partial charge >= 0.3 is 0 Å². The normalized spacial score (nSPS) is 12.1. The van der Waals surface area contributed by atoms with Crippen molar-refractivity contribution in [1.29, 1.82) is 0 Å². The van der Waals surface area contributed by atoms with Gasteiger partial charge in [-0.1, -0.05) is 0 Å². The van der Waals surface area contributed by atoms with Crippen molar-refractivity contribution in [3.8, 4) is 0 Å². The van der Waals surface area contributed by atoms with E-state index in [1.165, 1.54) is 18.2 Å². The number of rotatable bonds is 6. The van der Waals surface area contributed by atoms with Crippen molar-refractivity contribution in [1.82, 2.24) is 4.72 Å². The topological polar surface area (TPSA) is 133 Å². The Balaban J connectivity index is 2.53. The number of nitrogens with two attached hydrogens (primary N) is 1. The van der Waals surface area contributed by atoms with Crippen molar-refractivity contribution >= 4 is 28.3 Å². The Bertz CT molecular complexity index is 440. The van der Waals surface area contributed by atoms with Crippen LogP contribution in [0.3, 0.4) is 0 Å². The first-order chi connectivity index (χ1) is 8.00. The molecule has 1 rings (SSSR count). The highest BCUT2D eigenvalue weighted by Crippen LogP contribution is 2.24. The summed E-state index contributed by atoms with van der Waals surface area (Å²) in [5.74, 6) is 0. The molecule has 1 aromatic carbocycles. The highest BCUT2D eigenvalue weighted by molar-refractivity contribution is 7.77. The SMILES string of the molecule is Nc1cc(NCCNS(=O)[O-])ccc1[N+](=O)[O-]. The molecular formula is C8H11N4O4S-. The van der Waals surface area contributed by atoms with E-state index in [4.69, 9.17) is 5.73 Å². The maximum Gasteiger partial charge on any atom is 0.292 e. The minimum absolute atomic E-state index is 0.0559. The largest absolute Gasteiger partial charge is 0.760 e. The Hall–Kier alpha value is -1.71. The van der Waals surface area contributed by atoms with E-state index in [1.807, 2.05) is 0 Å². The summed E-state index contributed by atoms with van der Waals surface area (Å²) in [5, 5.41) is 13.4. The van der Waals surface area contributed by atoms with Crippen molar-refractivity contribution in [2.24, 2.45) is 0 Å². The number of nitrogens with one attached hydrogen (secondary N) is 2. The lowest BCUT2D eigenvalue weighted by Gasteiger charge is -2.09. The molecule has 0 saturated heterocycles. The Morgan fingerprint density at radius 2 is 2.12 bits per heavy atom. The van der Waals surface area contributed by atoms with Crippen molar-refractivity contribution < 1.29 is 13.7 Å².